The average Bonchev–Trinajstić information content (AvgIpc) is 3.15. The molecule has 0 aliphatic carbocycles. The molecule has 0 saturated carbocycles. The SMILES string of the molecule is CCOC(=O)Oc1[nH]c2ccc(NS(=O)(=O)c3ccc(C(C)(C)C)cc3)cc2c1-c1cccc(F)c1. The van der Waals surface area contributed by atoms with Crippen LogP contribution >= 0.6 is 0 Å². The summed E-state index contributed by atoms with van der Waals surface area (Å²) in [6.07, 6.45) is -0.915. The zero-order chi connectivity index (χ0) is 26.1. The van der Waals surface area contributed by atoms with E-state index in [0.29, 0.717) is 27.7 Å². The van der Waals surface area contributed by atoms with Crippen LogP contribution in [-0.2, 0) is 20.2 Å². The van der Waals surface area contributed by atoms with Crippen molar-refractivity contribution < 1.29 is 27.1 Å². The molecule has 0 aliphatic heterocycles. The van der Waals surface area contributed by atoms with Crippen LogP contribution in [0.4, 0.5) is 14.9 Å². The Balaban J connectivity index is 1.74. The molecule has 0 spiro atoms. The van der Waals surface area contributed by atoms with E-state index < -0.39 is 22.0 Å². The van der Waals surface area contributed by atoms with Crippen LogP contribution in [0.25, 0.3) is 22.0 Å². The molecule has 0 aliphatic rings. The molecular weight excluding hydrogens is 483 g/mol. The fourth-order valence-corrected chi connectivity index (χ4v) is 4.87. The maximum absolute atomic E-state index is 14.0. The van der Waals surface area contributed by atoms with Crippen molar-refractivity contribution in [2.45, 2.75) is 38.0 Å². The molecule has 0 radical (unpaired) electrons. The van der Waals surface area contributed by atoms with E-state index in [1.807, 2.05) is 0 Å². The Bertz CT molecular complexity index is 1520. The largest absolute Gasteiger partial charge is 0.515 e. The van der Waals surface area contributed by atoms with Gasteiger partial charge in [0.1, 0.15) is 5.82 Å². The number of carbonyl (C=O) groups is 1. The summed E-state index contributed by atoms with van der Waals surface area (Å²) in [6.45, 7) is 7.93. The monoisotopic (exact) mass is 510 g/mol. The van der Waals surface area contributed by atoms with Crippen molar-refractivity contribution in [2.24, 2.45) is 0 Å². The second-order valence-electron chi connectivity index (χ2n) is 9.26. The number of fused-ring (bicyclic) bond motifs is 1. The number of benzene rings is 3. The summed E-state index contributed by atoms with van der Waals surface area (Å²) in [5.41, 5.74) is 2.61. The molecule has 2 N–H and O–H groups in total. The summed E-state index contributed by atoms with van der Waals surface area (Å²) >= 11 is 0. The minimum atomic E-state index is -3.87. The lowest BCUT2D eigenvalue weighted by atomic mass is 9.87. The van der Waals surface area contributed by atoms with Gasteiger partial charge >= 0.3 is 6.16 Å². The zero-order valence-electron chi connectivity index (χ0n) is 20.4. The molecule has 1 aromatic heterocycles. The topological polar surface area (TPSA) is 97.5 Å². The Morgan fingerprint density at radius 1 is 1.03 bits per heavy atom. The highest BCUT2D eigenvalue weighted by Crippen LogP contribution is 2.39. The van der Waals surface area contributed by atoms with Gasteiger partial charge in [-0.2, -0.15) is 0 Å². The minimum Gasteiger partial charge on any atom is -0.434 e. The van der Waals surface area contributed by atoms with E-state index in [4.69, 9.17) is 9.47 Å². The maximum atomic E-state index is 14.0. The smallest absolute Gasteiger partial charge is 0.434 e. The fraction of sp³-hybridized carbons (Fsp3) is 0.222. The molecule has 4 rings (SSSR count). The molecule has 1 heterocycles. The number of hydrogen-bond donors (Lipinski definition) is 2. The number of nitrogens with one attached hydrogen (secondary N) is 2. The Morgan fingerprint density at radius 3 is 2.39 bits per heavy atom. The molecular formula is C27H27FN2O5S. The first-order valence-electron chi connectivity index (χ1n) is 11.4. The van der Waals surface area contributed by atoms with Crippen LogP contribution in [0.5, 0.6) is 5.88 Å². The number of aromatic nitrogens is 1. The van der Waals surface area contributed by atoms with Gasteiger partial charge in [-0.15, -0.1) is 0 Å². The third-order valence-corrected chi connectivity index (χ3v) is 7.01. The van der Waals surface area contributed by atoms with Crippen LogP contribution in [0.2, 0.25) is 0 Å². The lowest BCUT2D eigenvalue weighted by Crippen LogP contribution is -2.14. The van der Waals surface area contributed by atoms with Crippen molar-refractivity contribution >= 4 is 32.8 Å². The van der Waals surface area contributed by atoms with Gasteiger partial charge < -0.3 is 14.5 Å². The highest BCUT2D eigenvalue weighted by molar-refractivity contribution is 7.92. The van der Waals surface area contributed by atoms with E-state index in [1.165, 1.54) is 18.2 Å². The fourth-order valence-electron chi connectivity index (χ4n) is 3.82. The molecule has 0 fully saturated rings. The zero-order valence-corrected chi connectivity index (χ0v) is 21.2. The van der Waals surface area contributed by atoms with Crippen molar-refractivity contribution in [3.8, 4) is 17.0 Å². The van der Waals surface area contributed by atoms with Gasteiger partial charge in [-0.05, 0) is 65.9 Å². The van der Waals surface area contributed by atoms with Crippen LogP contribution in [-0.4, -0.2) is 26.2 Å². The molecule has 4 aromatic rings. The predicted octanol–water partition coefficient (Wildman–Crippen LogP) is 6.61. The third-order valence-electron chi connectivity index (χ3n) is 5.61. The molecule has 0 saturated heterocycles. The first-order valence-corrected chi connectivity index (χ1v) is 12.9. The van der Waals surface area contributed by atoms with Gasteiger partial charge in [0, 0.05) is 16.6 Å². The first-order chi connectivity index (χ1) is 17.0. The predicted molar refractivity (Wildman–Crippen MR) is 137 cm³/mol. The van der Waals surface area contributed by atoms with E-state index in [1.54, 1.807) is 55.5 Å². The number of anilines is 1. The van der Waals surface area contributed by atoms with Crippen molar-refractivity contribution in [3.05, 3.63) is 78.1 Å². The van der Waals surface area contributed by atoms with E-state index in [-0.39, 0.29) is 22.8 Å². The number of ether oxygens (including phenoxy) is 2. The molecule has 0 unspecified atom stereocenters. The van der Waals surface area contributed by atoms with Crippen LogP contribution in [0.1, 0.15) is 33.3 Å². The Hall–Kier alpha value is -3.85. The lowest BCUT2D eigenvalue weighted by Gasteiger charge is -2.19. The lowest BCUT2D eigenvalue weighted by molar-refractivity contribution is 0.103. The van der Waals surface area contributed by atoms with Crippen molar-refractivity contribution in [1.82, 2.24) is 4.98 Å². The normalized spacial score (nSPS) is 11.9. The summed E-state index contributed by atoms with van der Waals surface area (Å²) in [6, 6.07) is 17.4. The number of H-pyrrole nitrogens is 1. The third kappa shape index (κ3) is 5.36. The van der Waals surface area contributed by atoms with Gasteiger partial charge in [-0.1, -0.05) is 45.0 Å². The highest BCUT2D eigenvalue weighted by Gasteiger charge is 2.21. The Kier molecular flexibility index (Phi) is 6.77. The van der Waals surface area contributed by atoms with Crippen molar-refractivity contribution in [1.29, 1.82) is 0 Å². The van der Waals surface area contributed by atoms with E-state index in [2.05, 4.69) is 30.5 Å². The van der Waals surface area contributed by atoms with Crippen LogP contribution < -0.4 is 9.46 Å². The van der Waals surface area contributed by atoms with Crippen LogP contribution in [0.15, 0.2) is 71.6 Å². The second-order valence-corrected chi connectivity index (χ2v) is 10.9. The van der Waals surface area contributed by atoms with E-state index in [9.17, 15) is 17.6 Å². The summed E-state index contributed by atoms with van der Waals surface area (Å²) in [5, 5.41) is 0.531. The maximum Gasteiger partial charge on any atom is 0.515 e. The number of aromatic amines is 1. The van der Waals surface area contributed by atoms with Gasteiger partial charge in [0.15, 0.2) is 0 Å². The minimum absolute atomic E-state index is 0.0619. The van der Waals surface area contributed by atoms with Crippen molar-refractivity contribution in [3.63, 3.8) is 0 Å². The molecule has 0 atom stereocenters. The standard InChI is InChI=1S/C27H27FN2O5S/c1-5-34-26(31)35-25-24(17-7-6-8-19(28)15-17)22-16-20(11-14-23(22)29-25)30-36(32,33)21-12-9-18(10-13-21)27(2,3)4/h6-16,29-30H,5H2,1-4H3. The van der Waals surface area contributed by atoms with Gasteiger partial charge in [0.2, 0.25) is 5.88 Å². The van der Waals surface area contributed by atoms with Crippen LogP contribution in [0, 0.1) is 5.82 Å². The van der Waals surface area contributed by atoms with Gasteiger partial charge in [0.05, 0.1) is 17.1 Å². The number of carbonyl (C=O) groups excluding carboxylic acids is 1. The van der Waals surface area contributed by atoms with Gasteiger partial charge in [0.25, 0.3) is 10.0 Å². The Labute approximate surface area is 209 Å². The summed E-state index contributed by atoms with van der Waals surface area (Å²) in [4.78, 5) is 15.1. The molecule has 188 valence electrons. The molecule has 0 amide bonds. The second kappa shape index (κ2) is 9.66. The molecule has 9 heteroatoms. The quantitative estimate of drug-likeness (QED) is 0.285. The van der Waals surface area contributed by atoms with E-state index in [0.717, 1.165) is 5.56 Å². The average molecular weight is 511 g/mol. The van der Waals surface area contributed by atoms with Gasteiger partial charge in [-0.3, -0.25) is 4.72 Å². The number of hydrogen-bond acceptors (Lipinski definition) is 5. The summed E-state index contributed by atoms with van der Waals surface area (Å²) in [5.74, 6) is -0.411. The van der Waals surface area contributed by atoms with E-state index >= 15 is 0 Å². The molecule has 3 aromatic carbocycles. The number of sulfonamides is 1. The first kappa shape index (κ1) is 25.2. The summed E-state index contributed by atoms with van der Waals surface area (Å²) < 4.78 is 53.0. The van der Waals surface area contributed by atoms with Crippen molar-refractivity contribution in [2.75, 3.05) is 11.3 Å². The highest BCUT2D eigenvalue weighted by atomic mass is 32.2. The molecule has 7 nitrogen and oxygen atoms in total. The number of halogens is 1. The Morgan fingerprint density at radius 2 is 1.75 bits per heavy atom. The molecule has 36 heavy (non-hydrogen) atoms. The van der Waals surface area contributed by atoms with Gasteiger partial charge in [-0.25, -0.2) is 17.6 Å². The summed E-state index contributed by atoms with van der Waals surface area (Å²) in [7, 11) is -3.87. The molecule has 0 bridgehead atoms. The number of rotatable bonds is 6. The van der Waals surface area contributed by atoms with Crippen LogP contribution in [0.3, 0.4) is 0 Å².